The number of benzene rings is 1. The molecule has 0 bridgehead atoms. The second-order valence-electron chi connectivity index (χ2n) is 4.01. The molecule has 0 saturated carbocycles. The maximum absolute atomic E-state index is 11.4. The first-order valence-electron chi connectivity index (χ1n) is 6.10. The van der Waals surface area contributed by atoms with E-state index in [0.717, 1.165) is 6.42 Å². The van der Waals surface area contributed by atoms with Gasteiger partial charge in [-0.2, -0.15) is 0 Å². The number of hydrogen-bond acceptors (Lipinski definition) is 3. The van der Waals surface area contributed by atoms with Crippen LogP contribution in [0.25, 0.3) is 0 Å². The molecule has 1 aromatic rings. The average molecular weight is 249 g/mol. The molecule has 0 aliphatic carbocycles. The highest BCUT2D eigenvalue weighted by Gasteiger charge is 2.09. The van der Waals surface area contributed by atoms with Crippen LogP contribution in [-0.2, 0) is 20.7 Å². The first-order chi connectivity index (χ1) is 8.63. The van der Waals surface area contributed by atoms with E-state index in [2.05, 4.69) is 5.32 Å². The Balaban J connectivity index is 2.28. The Morgan fingerprint density at radius 1 is 1.28 bits per heavy atom. The van der Waals surface area contributed by atoms with Gasteiger partial charge >= 0.3 is 5.97 Å². The van der Waals surface area contributed by atoms with E-state index in [1.54, 1.807) is 6.92 Å². The van der Waals surface area contributed by atoms with Crippen molar-refractivity contribution in [1.82, 2.24) is 5.32 Å². The standard InChI is InChI=1S/C14H19NO3/c1-3-18-14(17)10-13(16)15-9-8-12-7-5-4-6-11(12)2/h4-7H,3,8-10H2,1-2H3,(H,15,16). The van der Waals surface area contributed by atoms with Crippen LogP contribution in [0, 0.1) is 6.92 Å². The van der Waals surface area contributed by atoms with Gasteiger partial charge in [0, 0.05) is 6.54 Å². The lowest BCUT2D eigenvalue weighted by molar-refractivity contribution is -0.145. The van der Waals surface area contributed by atoms with Crippen LogP contribution in [0.15, 0.2) is 24.3 Å². The molecule has 4 heteroatoms. The van der Waals surface area contributed by atoms with Gasteiger partial charge in [-0.25, -0.2) is 0 Å². The minimum atomic E-state index is -0.481. The number of carbonyl (C=O) groups excluding carboxylic acids is 2. The Bertz CT molecular complexity index is 415. The molecule has 0 unspecified atom stereocenters. The molecule has 0 aliphatic heterocycles. The zero-order valence-corrected chi connectivity index (χ0v) is 10.9. The van der Waals surface area contributed by atoms with Gasteiger partial charge < -0.3 is 10.1 Å². The monoisotopic (exact) mass is 249 g/mol. The average Bonchev–Trinajstić information content (AvgIpc) is 2.31. The summed E-state index contributed by atoms with van der Waals surface area (Å²) in [6.07, 6.45) is 0.558. The zero-order chi connectivity index (χ0) is 13.4. The molecule has 0 aliphatic rings. The first kappa shape index (κ1) is 14.2. The van der Waals surface area contributed by atoms with Gasteiger partial charge in [-0.05, 0) is 31.4 Å². The lowest BCUT2D eigenvalue weighted by Crippen LogP contribution is -2.28. The fourth-order valence-corrected chi connectivity index (χ4v) is 1.63. The van der Waals surface area contributed by atoms with E-state index in [0.29, 0.717) is 13.2 Å². The Hall–Kier alpha value is -1.84. The van der Waals surface area contributed by atoms with Crippen LogP contribution in [0.1, 0.15) is 24.5 Å². The maximum Gasteiger partial charge on any atom is 0.315 e. The van der Waals surface area contributed by atoms with Gasteiger partial charge in [0.05, 0.1) is 6.61 Å². The number of rotatable bonds is 6. The number of ether oxygens (including phenoxy) is 1. The Morgan fingerprint density at radius 3 is 2.67 bits per heavy atom. The topological polar surface area (TPSA) is 55.4 Å². The summed E-state index contributed by atoms with van der Waals surface area (Å²) < 4.78 is 4.70. The lowest BCUT2D eigenvalue weighted by Gasteiger charge is -2.07. The third-order valence-electron chi connectivity index (χ3n) is 2.59. The molecule has 1 aromatic carbocycles. The minimum absolute atomic E-state index is 0.207. The van der Waals surface area contributed by atoms with Crippen LogP contribution in [0.4, 0.5) is 0 Å². The number of carbonyl (C=O) groups is 2. The van der Waals surface area contributed by atoms with Crippen LogP contribution < -0.4 is 5.32 Å². The van der Waals surface area contributed by atoms with Gasteiger partial charge in [0.2, 0.25) is 5.91 Å². The van der Waals surface area contributed by atoms with Crippen molar-refractivity contribution in [3.8, 4) is 0 Å². The van der Waals surface area contributed by atoms with Crippen molar-refractivity contribution in [3.05, 3.63) is 35.4 Å². The lowest BCUT2D eigenvalue weighted by atomic mass is 10.1. The van der Waals surface area contributed by atoms with Gasteiger partial charge in [0.15, 0.2) is 0 Å². The van der Waals surface area contributed by atoms with Gasteiger partial charge in [-0.1, -0.05) is 24.3 Å². The molecule has 98 valence electrons. The van der Waals surface area contributed by atoms with Gasteiger partial charge in [-0.3, -0.25) is 9.59 Å². The highest BCUT2D eigenvalue weighted by molar-refractivity contribution is 5.94. The second kappa shape index (κ2) is 7.48. The molecule has 1 N–H and O–H groups in total. The third-order valence-corrected chi connectivity index (χ3v) is 2.59. The van der Waals surface area contributed by atoms with Gasteiger partial charge in [0.25, 0.3) is 0 Å². The largest absolute Gasteiger partial charge is 0.466 e. The summed E-state index contributed by atoms with van der Waals surface area (Å²) in [5, 5.41) is 2.71. The molecule has 0 heterocycles. The van der Waals surface area contributed by atoms with E-state index in [9.17, 15) is 9.59 Å². The zero-order valence-electron chi connectivity index (χ0n) is 10.9. The number of aryl methyl sites for hydroxylation is 1. The van der Waals surface area contributed by atoms with E-state index < -0.39 is 5.97 Å². The van der Waals surface area contributed by atoms with Crippen LogP contribution in [-0.4, -0.2) is 25.0 Å². The summed E-state index contributed by atoms with van der Waals surface area (Å²) in [4.78, 5) is 22.4. The van der Waals surface area contributed by atoms with Gasteiger partial charge in [0.1, 0.15) is 6.42 Å². The van der Waals surface area contributed by atoms with Crippen LogP contribution in [0.5, 0.6) is 0 Å². The highest BCUT2D eigenvalue weighted by Crippen LogP contribution is 2.06. The van der Waals surface area contributed by atoms with Crippen molar-refractivity contribution in [3.63, 3.8) is 0 Å². The fourth-order valence-electron chi connectivity index (χ4n) is 1.63. The van der Waals surface area contributed by atoms with E-state index >= 15 is 0 Å². The van der Waals surface area contributed by atoms with Crippen LogP contribution in [0.3, 0.4) is 0 Å². The summed E-state index contributed by atoms with van der Waals surface area (Å²) >= 11 is 0. The van der Waals surface area contributed by atoms with Crippen molar-refractivity contribution in [2.75, 3.05) is 13.2 Å². The van der Waals surface area contributed by atoms with E-state index in [4.69, 9.17) is 4.74 Å². The molecular weight excluding hydrogens is 230 g/mol. The number of nitrogens with one attached hydrogen (secondary N) is 1. The molecule has 0 aromatic heterocycles. The van der Waals surface area contributed by atoms with Crippen molar-refractivity contribution in [2.24, 2.45) is 0 Å². The Labute approximate surface area is 107 Å². The Morgan fingerprint density at radius 2 is 2.00 bits per heavy atom. The number of amides is 1. The van der Waals surface area contributed by atoms with Crippen LogP contribution in [0.2, 0.25) is 0 Å². The molecular formula is C14H19NO3. The maximum atomic E-state index is 11.4. The summed E-state index contributed by atoms with van der Waals surface area (Å²) in [6, 6.07) is 8.03. The van der Waals surface area contributed by atoms with Crippen LogP contribution >= 0.6 is 0 Å². The molecule has 0 spiro atoms. The predicted molar refractivity (Wildman–Crippen MR) is 69.1 cm³/mol. The second-order valence-corrected chi connectivity index (χ2v) is 4.01. The van der Waals surface area contributed by atoms with Crippen molar-refractivity contribution in [1.29, 1.82) is 0 Å². The third kappa shape index (κ3) is 4.99. The van der Waals surface area contributed by atoms with Crippen molar-refractivity contribution < 1.29 is 14.3 Å². The Kier molecular flexibility index (Phi) is 5.91. The fraction of sp³-hybridized carbons (Fsp3) is 0.429. The summed E-state index contributed by atoms with van der Waals surface area (Å²) in [7, 11) is 0. The number of hydrogen-bond donors (Lipinski definition) is 1. The molecule has 1 rings (SSSR count). The first-order valence-corrected chi connectivity index (χ1v) is 6.10. The quantitative estimate of drug-likeness (QED) is 0.615. The smallest absolute Gasteiger partial charge is 0.315 e. The van der Waals surface area contributed by atoms with Crippen molar-refractivity contribution >= 4 is 11.9 Å². The SMILES string of the molecule is CCOC(=O)CC(=O)NCCc1ccccc1C. The summed E-state index contributed by atoms with van der Waals surface area (Å²) in [5.41, 5.74) is 2.41. The molecule has 4 nitrogen and oxygen atoms in total. The molecule has 1 amide bonds. The van der Waals surface area contributed by atoms with Gasteiger partial charge in [-0.15, -0.1) is 0 Å². The van der Waals surface area contributed by atoms with E-state index in [1.807, 2.05) is 31.2 Å². The van der Waals surface area contributed by atoms with E-state index in [-0.39, 0.29) is 12.3 Å². The highest BCUT2D eigenvalue weighted by atomic mass is 16.5. The molecule has 0 fully saturated rings. The summed E-state index contributed by atoms with van der Waals surface area (Å²) in [6.45, 7) is 4.59. The predicted octanol–water partition coefficient (Wildman–Crippen LogP) is 1.61. The summed E-state index contributed by atoms with van der Waals surface area (Å²) in [5.74, 6) is -0.770. The normalized spacial score (nSPS) is 9.89. The molecule has 0 radical (unpaired) electrons. The van der Waals surface area contributed by atoms with Crippen molar-refractivity contribution in [2.45, 2.75) is 26.7 Å². The van der Waals surface area contributed by atoms with E-state index in [1.165, 1.54) is 11.1 Å². The number of esters is 1. The molecule has 0 atom stereocenters. The molecule has 0 saturated heterocycles. The molecule has 18 heavy (non-hydrogen) atoms. The minimum Gasteiger partial charge on any atom is -0.466 e.